The first kappa shape index (κ1) is 13.1. The van der Waals surface area contributed by atoms with Crippen molar-refractivity contribution < 1.29 is 4.74 Å². The Bertz CT molecular complexity index is 656. The zero-order valence-corrected chi connectivity index (χ0v) is 11.2. The van der Waals surface area contributed by atoms with Crippen LogP contribution in [0.4, 0.5) is 0 Å². The van der Waals surface area contributed by atoms with Gasteiger partial charge in [-0.3, -0.25) is 4.79 Å². The molecule has 0 N–H and O–H groups in total. The number of aryl methyl sites for hydroxylation is 1. The second-order valence-electron chi connectivity index (χ2n) is 4.38. The average Bonchev–Trinajstić information content (AvgIpc) is 2.40. The zero-order chi connectivity index (χ0) is 13.8. The van der Waals surface area contributed by atoms with Crippen LogP contribution in [0, 0.1) is 6.92 Å². The Morgan fingerprint density at radius 2 is 2.11 bits per heavy atom. The fourth-order valence-corrected chi connectivity index (χ4v) is 2.00. The highest BCUT2D eigenvalue weighted by molar-refractivity contribution is 5.65. The van der Waals surface area contributed by atoms with Gasteiger partial charge in [-0.25, -0.2) is 0 Å². The highest BCUT2D eigenvalue weighted by Gasteiger charge is 2.07. The maximum atomic E-state index is 11.7. The second kappa shape index (κ2) is 5.57. The molecule has 0 saturated carbocycles. The number of aromatic nitrogens is 1. The van der Waals surface area contributed by atoms with Crippen molar-refractivity contribution in [2.24, 2.45) is 7.05 Å². The summed E-state index contributed by atoms with van der Waals surface area (Å²) in [6.45, 7) is 6.12. The molecule has 0 spiro atoms. The number of pyridine rings is 1. The molecule has 0 atom stereocenters. The van der Waals surface area contributed by atoms with Gasteiger partial charge in [0.25, 0.3) is 5.56 Å². The van der Waals surface area contributed by atoms with Crippen molar-refractivity contribution >= 4 is 0 Å². The van der Waals surface area contributed by atoms with Crippen molar-refractivity contribution in [1.82, 2.24) is 4.57 Å². The Kier molecular flexibility index (Phi) is 3.85. The van der Waals surface area contributed by atoms with Crippen LogP contribution in [0.15, 0.2) is 53.8 Å². The van der Waals surface area contributed by atoms with Gasteiger partial charge < -0.3 is 9.30 Å². The number of benzene rings is 1. The lowest BCUT2D eigenvalue weighted by Crippen LogP contribution is -2.16. The molecule has 1 heterocycles. The van der Waals surface area contributed by atoms with Crippen molar-refractivity contribution in [3.63, 3.8) is 0 Å². The maximum Gasteiger partial charge on any atom is 0.250 e. The summed E-state index contributed by atoms with van der Waals surface area (Å²) < 4.78 is 7.14. The summed E-state index contributed by atoms with van der Waals surface area (Å²) >= 11 is 0. The van der Waals surface area contributed by atoms with Gasteiger partial charge in [-0.05, 0) is 36.8 Å². The van der Waals surface area contributed by atoms with Crippen molar-refractivity contribution in [2.45, 2.75) is 6.92 Å². The van der Waals surface area contributed by atoms with E-state index in [0.717, 1.165) is 22.6 Å². The number of hydrogen-bond donors (Lipinski definition) is 0. The van der Waals surface area contributed by atoms with Gasteiger partial charge in [0.2, 0.25) is 0 Å². The third kappa shape index (κ3) is 2.76. The minimum atomic E-state index is -0.0103. The Balaban J connectivity index is 2.43. The van der Waals surface area contributed by atoms with E-state index in [-0.39, 0.29) is 5.56 Å². The van der Waals surface area contributed by atoms with E-state index in [1.54, 1.807) is 29.8 Å². The summed E-state index contributed by atoms with van der Waals surface area (Å²) in [5.41, 5.74) is 3.00. The minimum absolute atomic E-state index is 0.0103. The van der Waals surface area contributed by atoms with E-state index in [1.807, 2.05) is 31.2 Å². The normalized spacial score (nSPS) is 10.2. The smallest absolute Gasteiger partial charge is 0.250 e. The summed E-state index contributed by atoms with van der Waals surface area (Å²) in [6.07, 6.45) is 1.71. The zero-order valence-electron chi connectivity index (χ0n) is 11.2. The van der Waals surface area contributed by atoms with Gasteiger partial charge in [-0.2, -0.15) is 0 Å². The van der Waals surface area contributed by atoms with Crippen LogP contribution >= 0.6 is 0 Å². The molecule has 2 rings (SSSR count). The summed E-state index contributed by atoms with van der Waals surface area (Å²) in [5.74, 6) is 0.807. The lowest BCUT2D eigenvalue weighted by Gasteiger charge is -2.12. The van der Waals surface area contributed by atoms with Crippen LogP contribution < -0.4 is 10.3 Å². The molecule has 1 aromatic carbocycles. The standard InChI is InChI=1S/C16H17NO2/c1-4-10-19-13-8-9-14(12(2)11-13)15-6-5-7-16(18)17(15)3/h4-9,11H,1,10H2,2-3H3. The molecule has 0 unspecified atom stereocenters. The lowest BCUT2D eigenvalue weighted by molar-refractivity contribution is 0.363. The number of nitrogens with zero attached hydrogens (tertiary/aromatic N) is 1. The minimum Gasteiger partial charge on any atom is -0.490 e. The monoisotopic (exact) mass is 255 g/mol. The first-order chi connectivity index (χ1) is 9.13. The van der Waals surface area contributed by atoms with E-state index < -0.39 is 0 Å². The molecule has 98 valence electrons. The van der Waals surface area contributed by atoms with Crippen LogP contribution in [0.2, 0.25) is 0 Å². The second-order valence-corrected chi connectivity index (χ2v) is 4.38. The van der Waals surface area contributed by atoms with Gasteiger partial charge in [-0.15, -0.1) is 0 Å². The summed E-state index contributed by atoms with van der Waals surface area (Å²) in [5, 5.41) is 0. The molecule has 0 amide bonds. The van der Waals surface area contributed by atoms with Crippen LogP contribution in [-0.4, -0.2) is 11.2 Å². The summed E-state index contributed by atoms with van der Waals surface area (Å²) in [6, 6.07) is 11.1. The Hall–Kier alpha value is -2.29. The van der Waals surface area contributed by atoms with E-state index in [1.165, 1.54) is 0 Å². The SMILES string of the molecule is C=CCOc1ccc(-c2cccc(=O)n2C)c(C)c1. The molecule has 3 heteroatoms. The van der Waals surface area contributed by atoms with E-state index in [0.29, 0.717) is 6.61 Å². The molecule has 0 fully saturated rings. The largest absolute Gasteiger partial charge is 0.490 e. The van der Waals surface area contributed by atoms with Gasteiger partial charge in [0, 0.05) is 18.7 Å². The fourth-order valence-electron chi connectivity index (χ4n) is 2.00. The van der Waals surface area contributed by atoms with Crippen molar-refractivity contribution in [3.8, 4) is 17.0 Å². The first-order valence-electron chi connectivity index (χ1n) is 6.14. The summed E-state index contributed by atoms with van der Waals surface area (Å²) in [4.78, 5) is 11.7. The molecule has 0 radical (unpaired) electrons. The molecular formula is C16H17NO2. The number of rotatable bonds is 4. The topological polar surface area (TPSA) is 31.2 Å². The van der Waals surface area contributed by atoms with E-state index in [9.17, 15) is 4.79 Å². The third-order valence-corrected chi connectivity index (χ3v) is 3.03. The van der Waals surface area contributed by atoms with Crippen LogP contribution in [0.25, 0.3) is 11.3 Å². The third-order valence-electron chi connectivity index (χ3n) is 3.03. The van der Waals surface area contributed by atoms with E-state index in [4.69, 9.17) is 4.74 Å². The van der Waals surface area contributed by atoms with Gasteiger partial charge in [0.15, 0.2) is 0 Å². The molecule has 0 aliphatic heterocycles. The Morgan fingerprint density at radius 1 is 1.32 bits per heavy atom. The molecule has 0 saturated heterocycles. The molecule has 0 aliphatic rings. The molecule has 1 aromatic heterocycles. The molecule has 0 bridgehead atoms. The van der Waals surface area contributed by atoms with Crippen molar-refractivity contribution in [3.05, 3.63) is 65.0 Å². The van der Waals surface area contributed by atoms with Gasteiger partial charge in [-0.1, -0.05) is 18.7 Å². The predicted octanol–water partition coefficient (Wildman–Crippen LogP) is 2.93. The molecule has 19 heavy (non-hydrogen) atoms. The van der Waals surface area contributed by atoms with E-state index in [2.05, 4.69) is 6.58 Å². The Morgan fingerprint density at radius 3 is 2.79 bits per heavy atom. The fraction of sp³-hybridized carbons (Fsp3) is 0.188. The highest BCUT2D eigenvalue weighted by atomic mass is 16.5. The summed E-state index contributed by atoms with van der Waals surface area (Å²) in [7, 11) is 1.78. The van der Waals surface area contributed by atoms with Crippen LogP contribution in [-0.2, 0) is 7.05 Å². The van der Waals surface area contributed by atoms with Crippen LogP contribution in [0.1, 0.15) is 5.56 Å². The van der Waals surface area contributed by atoms with Crippen LogP contribution in [0.3, 0.4) is 0 Å². The molecule has 3 nitrogen and oxygen atoms in total. The van der Waals surface area contributed by atoms with Gasteiger partial charge >= 0.3 is 0 Å². The molecule has 2 aromatic rings. The average molecular weight is 255 g/mol. The number of ether oxygens (including phenoxy) is 1. The number of hydrogen-bond acceptors (Lipinski definition) is 2. The van der Waals surface area contributed by atoms with E-state index >= 15 is 0 Å². The van der Waals surface area contributed by atoms with Gasteiger partial charge in [0.1, 0.15) is 12.4 Å². The quantitative estimate of drug-likeness (QED) is 0.787. The van der Waals surface area contributed by atoms with Crippen molar-refractivity contribution in [2.75, 3.05) is 6.61 Å². The molecule has 0 aliphatic carbocycles. The molecular weight excluding hydrogens is 238 g/mol. The highest BCUT2D eigenvalue weighted by Crippen LogP contribution is 2.25. The Labute approximate surface area is 112 Å². The lowest BCUT2D eigenvalue weighted by atomic mass is 10.0. The van der Waals surface area contributed by atoms with Gasteiger partial charge in [0.05, 0.1) is 5.69 Å². The van der Waals surface area contributed by atoms with Crippen molar-refractivity contribution in [1.29, 1.82) is 0 Å². The first-order valence-corrected chi connectivity index (χ1v) is 6.14. The predicted molar refractivity (Wildman–Crippen MR) is 77.5 cm³/mol. The van der Waals surface area contributed by atoms with Crippen LogP contribution in [0.5, 0.6) is 5.75 Å². The maximum absolute atomic E-state index is 11.7.